The van der Waals surface area contributed by atoms with E-state index in [1.807, 2.05) is 0 Å². The molecule has 0 aromatic carbocycles. The van der Waals surface area contributed by atoms with Crippen LogP contribution in [0.3, 0.4) is 0 Å². The van der Waals surface area contributed by atoms with Gasteiger partial charge in [0, 0.05) is 25.0 Å². The van der Waals surface area contributed by atoms with Gasteiger partial charge < -0.3 is 10.2 Å². The fraction of sp³-hybridized carbons (Fsp3) is 0.818. The molecule has 96 valence electrons. The summed E-state index contributed by atoms with van der Waals surface area (Å²) in [6.07, 6.45) is 3.60. The van der Waals surface area contributed by atoms with Crippen molar-refractivity contribution in [3.63, 3.8) is 0 Å². The average Bonchev–Trinajstić information content (AvgIpc) is 3.12. The number of nitrogens with one attached hydrogen (secondary N) is 1. The normalized spacial score (nSPS) is 21.7. The first-order valence-electron chi connectivity index (χ1n) is 5.95. The molecule has 4 nitrogen and oxygen atoms in total. The first-order chi connectivity index (χ1) is 8.08. The van der Waals surface area contributed by atoms with Gasteiger partial charge in [0.1, 0.15) is 0 Å². The number of likely N-dealkylation sites (tertiary alicyclic amines) is 1. The van der Waals surface area contributed by atoms with Gasteiger partial charge in [0.25, 0.3) is 5.91 Å². The monoisotopic (exact) mass is 278 g/mol. The molecule has 2 aliphatic rings. The lowest BCUT2D eigenvalue weighted by Gasteiger charge is -2.32. The Morgan fingerprint density at radius 2 is 1.71 bits per heavy atom. The average molecular weight is 279 g/mol. The molecule has 0 bridgehead atoms. The van der Waals surface area contributed by atoms with Crippen molar-refractivity contribution in [2.75, 3.05) is 13.1 Å². The summed E-state index contributed by atoms with van der Waals surface area (Å²) in [5.74, 6) is 0.173. The Morgan fingerprint density at radius 1 is 1.12 bits per heavy atom. The van der Waals surface area contributed by atoms with Crippen LogP contribution in [-0.2, 0) is 9.59 Å². The molecule has 0 atom stereocenters. The number of rotatable bonds is 3. The van der Waals surface area contributed by atoms with Crippen molar-refractivity contribution in [2.24, 2.45) is 5.92 Å². The minimum absolute atomic E-state index is 0.169. The largest absolute Gasteiger partial charge is 0.353 e. The van der Waals surface area contributed by atoms with Crippen LogP contribution in [0.15, 0.2) is 0 Å². The summed E-state index contributed by atoms with van der Waals surface area (Å²) in [6.45, 7) is 1.23. The first-order valence-corrected chi connectivity index (χ1v) is 6.82. The van der Waals surface area contributed by atoms with E-state index < -0.39 is 4.84 Å². The van der Waals surface area contributed by atoms with E-state index in [1.54, 1.807) is 4.90 Å². The number of hydrogen-bond donors (Lipinski definition) is 1. The van der Waals surface area contributed by atoms with Gasteiger partial charge in [-0.1, -0.05) is 23.2 Å². The van der Waals surface area contributed by atoms with Crippen LogP contribution < -0.4 is 5.32 Å². The van der Waals surface area contributed by atoms with Crippen molar-refractivity contribution in [3.05, 3.63) is 0 Å². The second-order valence-electron chi connectivity index (χ2n) is 4.68. The predicted molar refractivity (Wildman–Crippen MR) is 66.0 cm³/mol. The molecule has 2 rings (SSSR count). The minimum Gasteiger partial charge on any atom is -0.353 e. The molecule has 0 radical (unpaired) electrons. The molecule has 17 heavy (non-hydrogen) atoms. The molecule has 0 spiro atoms. The standard InChI is InChI=1S/C11H16Cl2N2O2/c12-9(13)11(17)15-5-3-8(4-6-15)14-10(16)7-1-2-7/h7-9H,1-6H2,(H,14,16). The molecule has 1 saturated carbocycles. The third-order valence-corrected chi connectivity index (χ3v) is 3.66. The molecular formula is C11H16Cl2N2O2. The molecule has 6 heteroatoms. The number of amides is 2. The third-order valence-electron chi connectivity index (χ3n) is 3.29. The summed E-state index contributed by atoms with van der Waals surface area (Å²) < 4.78 is 0. The van der Waals surface area contributed by atoms with Crippen molar-refractivity contribution in [2.45, 2.75) is 36.6 Å². The maximum absolute atomic E-state index is 11.6. The fourth-order valence-corrected chi connectivity index (χ4v) is 2.32. The van der Waals surface area contributed by atoms with Crippen molar-refractivity contribution in [1.29, 1.82) is 0 Å². The Balaban J connectivity index is 1.73. The summed E-state index contributed by atoms with van der Waals surface area (Å²) in [5, 5.41) is 3.03. The molecule has 1 N–H and O–H groups in total. The van der Waals surface area contributed by atoms with Gasteiger partial charge in [0.05, 0.1) is 0 Å². The maximum Gasteiger partial charge on any atom is 0.255 e. The van der Waals surface area contributed by atoms with Crippen molar-refractivity contribution in [3.8, 4) is 0 Å². The lowest BCUT2D eigenvalue weighted by Crippen LogP contribution is -2.48. The van der Waals surface area contributed by atoms with Gasteiger partial charge in [0.2, 0.25) is 5.91 Å². The van der Waals surface area contributed by atoms with Crippen molar-refractivity contribution < 1.29 is 9.59 Å². The quantitative estimate of drug-likeness (QED) is 0.792. The van der Waals surface area contributed by atoms with E-state index in [2.05, 4.69) is 5.32 Å². The summed E-state index contributed by atoms with van der Waals surface area (Å²) in [7, 11) is 0. The smallest absolute Gasteiger partial charge is 0.255 e. The molecule has 0 unspecified atom stereocenters. The zero-order valence-corrected chi connectivity index (χ0v) is 11.0. The second kappa shape index (κ2) is 5.44. The third kappa shape index (κ3) is 3.49. The zero-order chi connectivity index (χ0) is 12.4. The highest BCUT2D eigenvalue weighted by Gasteiger charge is 2.32. The lowest BCUT2D eigenvalue weighted by molar-refractivity contribution is -0.130. The highest BCUT2D eigenvalue weighted by molar-refractivity contribution is 6.53. The molecule has 1 aliphatic carbocycles. The maximum atomic E-state index is 11.6. The van der Waals surface area contributed by atoms with Crippen LogP contribution in [0.5, 0.6) is 0 Å². The summed E-state index contributed by atoms with van der Waals surface area (Å²) in [6, 6.07) is 0.191. The van der Waals surface area contributed by atoms with Crippen LogP contribution in [0.1, 0.15) is 25.7 Å². The molecule has 0 aromatic heterocycles. The van der Waals surface area contributed by atoms with E-state index in [0.29, 0.717) is 13.1 Å². The Morgan fingerprint density at radius 3 is 2.18 bits per heavy atom. The van der Waals surface area contributed by atoms with Crippen molar-refractivity contribution >= 4 is 35.0 Å². The van der Waals surface area contributed by atoms with E-state index in [9.17, 15) is 9.59 Å². The van der Waals surface area contributed by atoms with Gasteiger partial charge in [-0.3, -0.25) is 9.59 Å². The topological polar surface area (TPSA) is 49.4 Å². The van der Waals surface area contributed by atoms with Gasteiger partial charge in [-0.15, -0.1) is 0 Å². The first kappa shape index (κ1) is 13.0. The number of hydrogen-bond acceptors (Lipinski definition) is 2. The van der Waals surface area contributed by atoms with Crippen molar-refractivity contribution in [1.82, 2.24) is 10.2 Å². The van der Waals surface area contributed by atoms with Gasteiger partial charge in [-0.2, -0.15) is 0 Å². The number of carbonyl (C=O) groups excluding carboxylic acids is 2. The molecule has 1 aliphatic heterocycles. The summed E-state index contributed by atoms with van der Waals surface area (Å²) >= 11 is 11.1. The van der Waals surface area contributed by atoms with E-state index in [1.165, 1.54) is 0 Å². The highest BCUT2D eigenvalue weighted by atomic mass is 35.5. The Kier molecular flexibility index (Phi) is 4.15. The van der Waals surface area contributed by atoms with Crippen LogP contribution in [0, 0.1) is 5.92 Å². The van der Waals surface area contributed by atoms with Gasteiger partial charge >= 0.3 is 0 Å². The number of carbonyl (C=O) groups is 2. The number of halogens is 2. The zero-order valence-electron chi connectivity index (χ0n) is 9.49. The predicted octanol–water partition coefficient (Wildman–Crippen LogP) is 1.31. The lowest BCUT2D eigenvalue weighted by atomic mass is 10.0. The van der Waals surface area contributed by atoms with Gasteiger partial charge in [0.15, 0.2) is 4.84 Å². The van der Waals surface area contributed by atoms with Gasteiger partial charge in [-0.05, 0) is 25.7 Å². The summed E-state index contributed by atoms with van der Waals surface area (Å²) in [4.78, 5) is 23.8. The van der Waals surface area contributed by atoms with E-state index in [0.717, 1.165) is 25.7 Å². The van der Waals surface area contributed by atoms with E-state index in [4.69, 9.17) is 23.2 Å². The fourth-order valence-electron chi connectivity index (χ4n) is 2.05. The second-order valence-corrected chi connectivity index (χ2v) is 5.78. The molecule has 0 aromatic rings. The Bertz CT molecular complexity index is 311. The molecule has 1 heterocycles. The number of piperidine rings is 1. The minimum atomic E-state index is -0.979. The van der Waals surface area contributed by atoms with Gasteiger partial charge in [-0.25, -0.2) is 0 Å². The van der Waals surface area contributed by atoms with E-state index >= 15 is 0 Å². The van der Waals surface area contributed by atoms with Crippen LogP contribution in [-0.4, -0.2) is 40.7 Å². The van der Waals surface area contributed by atoms with Crippen LogP contribution >= 0.6 is 23.2 Å². The van der Waals surface area contributed by atoms with E-state index in [-0.39, 0.29) is 23.8 Å². The number of alkyl halides is 2. The Labute approximate surface area is 111 Å². The molecule has 2 fully saturated rings. The molecule has 2 amide bonds. The van der Waals surface area contributed by atoms with Crippen LogP contribution in [0.25, 0.3) is 0 Å². The molecular weight excluding hydrogens is 263 g/mol. The Hall–Kier alpha value is -0.480. The van der Waals surface area contributed by atoms with Crippen LogP contribution in [0.4, 0.5) is 0 Å². The summed E-state index contributed by atoms with van der Waals surface area (Å²) in [5.41, 5.74) is 0. The SMILES string of the molecule is O=C(NC1CCN(C(=O)C(Cl)Cl)CC1)C1CC1. The highest BCUT2D eigenvalue weighted by Crippen LogP contribution is 2.29. The van der Waals surface area contributed by atoms with Crippen LogP contribution in [0.2, 0.25) is 0 Å². The molecule has 1 saturated heterocycles. The number of nitrogens with zero attached hydrogens (tertiary/aromatic N) is 1.